The van der Waals surface area contributed by atoms with Gasteiger partial charge < -0.3 is 9.80 Å². The van der Waals surface area contributed by atoms with Crippen LogP contribution in [0.25, 0.3) is 0 Å². The summed E-state index contributed by atoms with van der Waals surface area (Å²) in [6.07, 6.45) is -0.0250. The van der Waals surface area contributed by atoms with Crippen molar-refractivity contribution in [3.8, 4) is 0 Å². The van der Waals surface area contributed by atoms with E-state index in [1.54, 1.807) is 0 Å². The van der Waals surface area contributed by atoms with Crippen molar-refractivity contribution >= 4 is 5.91 Å². The molecule has 0 radical (unpaired) electrons. The van der Waals surface area contributed by atoms with Crippen molar-refractivity contribution in [3.05, 3.63) is 34.9 Å². The molecule has 2 rings (SSSR count). The molecule has 3 atom stereocenters. The largest absolute Gasteiger partial charge is 0.318 e. The highest BCUT2D eigenvalue weighted by Gasteiger charge is 2.40. The van der Waals surface area contributed by atoms with Gasteiger partial charge in [-0.1, -0.05) is 23.8 Å². The normalized spacial score (nSPS) is 24.0. The number of aryl methyl sites for hydroxylation is 2. The summed E-state index contributed by atoms with van der Waals surface area (Å²) in [6, 6.07) is 6.49. The van der Waals surface area contributed by atoms with Crippen molar-refractivity contribution in [1.82, 2.24) is 15.1 Å². The first-order valence-corrected chi connectivity index (χ1v) is 7.61. The number of hydrogen-bond donors (Lipinski definition) is 1. The van der Waals surface area contributed by atoms with Crippen molar-refractivity contribution in [2.45, 2.75) is 45.9 Å². The van der Waals surface area contributed by atoms with Crippen LogP contribution in [0.3, 0.4) is 0 Å². The average molecular weight is 289 g/mol. The summed E-state index contributed by atoms with van der Waals surface area (Å²) in [7, 11) is 4.08. The van der Waals surface area contributed by atoms with Crippen LogP contribution in [0.15, 0.2) is 18.2 Å². The summed E-state index contributed by atoms with van der Waals surface area (Å²) >= 11 is 0. The lowest BCUT2D eigenvalue weighted by Gasteiger charge is -2.33. The van der Waals surface area contributed by atoms with Crippen LogP contribution in [0, 0.1) is 13.8 Å². The van der Waals surface area contributed by atoms with Gasteiger partial charge in [-0.2, -0.15) is 0 Å². The van der Waals surface area contributed by atoms with Crippen LogP contribution in [-0.4, -0.2) is 48.4 Å². The second-order valence-electron chi connectivity index (χ2n) is 6.51. The number of carbonyl (C=O) groups is 1. The summed E-state index contributed by atoms with van der Waals surface area (Å²) < 4.78 is 0. The van der Waals surface area contributed by atoms with Crippen molar-refractivity contribution in [2.75, 3.05) is 20.6 Å². The Balaban J connectivity index is 2.33. The molecule has 1 N–H and O–H groups in total. The van der Waals surface area contributed by atoms with E-state index in [9.17, 15) is 4.79 Å². The standard InChI is InChI=1S/C17H27N3O/c1-11-7-8-15(12(2)9-11)16-18-14(4)17(21)20(16)13(3)10-19(5)6/h7-9,13-14,16,18H,10H2,1-6H3. The van der Waals surface area contributed by atoms with Crippen LogP contribution in [0.5, 0.6) is 0 Å². The minimum absolute atomic E-state index is 0.0250. The molecule has 4 nitrogen and oxygen atoms in total. The smallest absolute Gasteiger partial charge is 0.241 e. The molecule has 116 valence electrons. The third-order valence-corrected chi connectivity index (χ3v) is 4.14. The predicted molar refractivity (Wildman–Crippen MR) is 86.1 cm³/mol. The lowest BCUT2D eigenvalue weighted by Crippen LogP contribution is -2.43. The van der Waals surface area contributed by atoms with E-state index >= 15 is 0 Å². The van der Waals surface area contributed by atoms with E-state index in [0.717, 1.165) is 6.54 Å². The van der Waals surface area contributed by atoms with Gasteiger partial charge in [0.25, 0.3) is 0 Å². The fourth-order valence-electron chi connectivity index (χ4n) is 3.20. The Hall–Kier alpha value is -1.39. The molecular formula is C17H27N3O. The third kappa shape index (κ3) is 3.27. The molecule has 0 bridgehead atoms. The molecule has 1 amide bonds. The molecule has 1 fully saturated rings. The first-order chi connectivity index (χ1) is 9.81. The number of nitrogens with zero attached hydrogens (tertiary/aromatic N) is 2. The van der Waals surface area contributed by atoms with E-state index < -0.39 is 0 Å². The monoisotopic (exact) mass is 289 g/mol. The Labute approximate surface area is 128 Å². The minimum Gasteiger partial charge on any atom is -0.318 e. The lowest BCUT2D eigenvalue weighted by atomic mass is 10.0. The maximum absolute atomic E-state index is 12.5. The van der Waals surface area contributed by atoms with Crippen LogP contribution in [0.4, 0.5) is 0 Å². The molecule has 0 saturated carbocycles. The molecule has 4 heteroatoms. The molecule has 0 aliphatic carbocycles. The summed E-state index contributed by atoms with van der Waals surface area (Å²) in [6.45, 7) is 9.14. The fourth-order valence-corrected chi connectivity index (χ4v) is 3.20. The van der Waals surface area contributed by atoms with Crippen LogP contribution >= 0.6 is 0 Å². The molecule has 1 aliphatic rings. The molecule has 1 aromatic carbocycles. The van der Waals surface area contributed by atoms with Gasteiger partial charge in [0, 0.05) is 12.6 Å². The topological polar surface area (TPSA) is 35.6 Å². The van der Waals surface area contributed by atoms with Crippen LogP contribution in [0.1, 0.15) is 36.7 Å². The molecular weight excluding hydrogens is 262 g/mol. The molecule has 0 spiro atoms. The number of carbonyl (C=O) groups excluding carboxylic acids is 1. The number of likely N-dealkylation sites (N-methyl/N-ethyl adjacent to an activating group) is 1. The van der Waals surface area contributed by atoms with E-state index in [0.29, 0.717) is 0 Å². The third-order valence-electron chi connectivity index (χ3n) is 4.14. The summed E-state index contributed by atoms with van der Waals surface area (Å²) in [5.74, 6) is 0.189. The van der Waals surface area contributed by atoms with Gasteiger partial charge >= 0.3 is 0 Å². The molecule has 1 saturated heterocycles. The van der Waals surface area contributed by atoms with E-state index in [2.05, 4.69) is 49.2 Å². The Morgan fingerprint density at radius 1 is 1.33 bits per heavy atom. The summed E-state index contributed by atoms with van der Waals surface area (Å²) in [4.78, 5) is 16.7. The summed E-state index contributed by atoms with van der Waals surface area (Å²) in [5, 5.41) is 3.44. The van der Waals surface area contributed by atoms with Gasteiger partial charge in [0.05, 0.1) is 6.04 Å². The highest BCUT2D eigenvalue weighted by molar-refractivity contribution is 5.84. The zero-order valence-corrected chi connectivity index (χ0v) is 14.0. The zero-order valence-electron chi connectivity index (χ0n) is 14.0. The Morgan fingerprint density at radius 3 is 2.57 bits per heavy atom. The van der Waals surface area contributed by atoms with Gasteiger partial charge in [-0.15, -0.1) is 0 Å². The molecule has 0 aromatic heterocycles. The van der Waals surface area contributed by atoms with Gasteiger partial charge in [-0.3, -0.25) is 10.1 Å². The van der Waals surface area contributed by atoms with Gasteiger partial charge in [0.2, 0.25) is 5.91 Å². The number of benzene rings is 1. The number of nitrogens with one attached hydrogen (secondary N) is 1. The number of hydrogen-bond acceptors (Lipinski definition) is 3. The van der Waals surface area contributed by atoms with E-state index in [-0.39, 0.29) is 24.2 Å². The minimum atomic E-state index is -0.125. The molecule has 1 heterocycles. The summed E-state index contributed by atoms with van der Waals surface area (Å²) in [5.41, 5.74) is 3.68. The number of rotatable bonds is 4. The molecule has 1 aliphatic heterocycles. The number of amides is 1. The maximum atomic E-state index is 12.5. The highest BCUT2D eigenvalue weighted by Crippen LogP contribution is 2.30. The second kappa shape index (κ2) is 6.16. The first kappa shape index (κ1) is 16.0. The van der Waals surface area contributed by atoms with Crippen LogP contribution in [0.2, 0.25) is 0 Å². The second-order valence-corrected chi connectivity index (χ2v) is 6.51. The fraction of sp³-hybridized carbons (Fsp3) is 0.588. The van der Waals surface area contributed by atoms with E-state index in [1.807, 2.05) is 25.9 Å². The van der Waals surface area contributed by atoms with Crippen molar-refractivity contribution in [1.29, 1.82) is 0 Å². The highest BCUT2D eigenvalue weighted by atomic mass is 16.2. The van der Waals surface area contributed by atoms with Gasteiger partial charge in [0.15, 0.2) is 0 Å². The van der Waals surface area contributed by atoms with Crippen molar-refractivity contribution < 1.29 is 4.79 Å². The SMILES string of the molecule is Cc1ccc(C2NC(C)C(=O)N2C(C)CN(C)C)c(C)c1. The molecule has 21 heavy (non-hydrogen) atoms. The van der Waals surface area contributed by atoms with Crippen LogP contribution in [-0.2, 0) is 4.79 Å². The first-order valence-electron chi connectivity index (χ1n) is 7.61. The lowest BCUT2D eigenvalue weighted by molar-refractivity contribution is -0.132. The maximum Gasteiger partial charge on any atom is 0.241 e. The van der Waals surface area contributed by atoms with Crippen molar-refractivity contribution in [3.63, 3.8) is 0 Å². The van der Waals surface area contributed by atoms with Gasteiger partial charge in [0.1, 0.15) is 6.17 Å². The van der Waals surface area contributed by atoms with Gasteiger partial charge in [-0.05, 0) is 52.9 Å². The van der Waals surface area contributed by atoms with E-state index in [4.69, 9.17) is 0 Å². The zero-order chi connectivity index (χ0) is 15.7. The molecule has 3 unspecified atom stereocenters. The Kier molecular flexibility index (Phi) is 4.69. The van der Waals surface area contributed by atoms with Crippen LogP contribution < -0.4 is 5.32 Å². The Bertz CT molecular complexity index is 527. The average Bonchev–Trinajstić information content (AvgIpc) is 2.64. The van der Waals surface area contributed by atoms with Crippen molar-refractivity contribution in [2.24, 2.45) is 0 Å². The quantitative estimate of drug-likeness (QED) is 0.922. The Morgan fingerprint density at radius 2 is 2.00 bits per heavy atom. The van der Waals surface area contributed by atoms with Gasteiger partial charge in [-0.25, -0.2) is 0 Å². The molecule has 1 aromatic rings. The van der Waals surface area contributed by atoms with E-state index in [1.165, 1.54) is 16.7 Å². The predicted octanol–water partition coefficient (Wildman–Crippen LogP) is 2.07.